The quantitative estimate of drug-likeness (QED) is 0.731. The van der Waals surface area contributed by atoms with E-state index in [1.165, 1.54) is 24.0 Å². The van der Waals surface area contributed by atoms with Crippen LogP contribution in [0.15, 0.2) is 18.2 Å². The molecule has 0 bridgehead atoms. The molecule has 0 fully saturated rings. The second-order valence-corrected chi connectivity index (χ2v) is 5.06. The topological polar surface area (TPSA) is 30.5 Å². The molecule has 1 aliphatic carbocycles. The third kappa shape index (κ3) is 3.71. The van der Waals surface area contributed by atoms with Gasteiger partial charge in [0.25, 0.3) is 0 Å². The van der Waals surface area contributed by atoms with E-state index in [4.69, 9.17) is 9.47 Å². The number of methoxy groups -OCH3 is 1. The minimum atomic E-state index is 0.512. The van der Waals surface area contributed by atoms with Crippen molar-refractivity contribution < 1.29 is 9.47 Å². The minimum Gasteiger partial charge on any atom is -0.493 e. The number of nitrogens with one attached hydrogen (secondary N) is 1. The van der Waals surface area contributed by atoms with Gasteiger partial charge in [0.05, 0.1) is 6.61 Å². The summed E-state index contributed by atoms with van der Waals surface area (Å²) in [5.74, 6) is 1.06. The Morgan fingerprint density at radius 2 is 2.21 bits per heavy atom. The molecule has 0 aliphatic heterocycles. The van der Waals surface area contributed by atoms with E-state index in [0.717, 1.165) is 38.3 Å². The van der Waals surface area contributed by atoms with Crippen LogP contribution >= 0.6 is 0 Å². The highest BCUT2D eigenvalue weighted by Crippen LogP contribution is 2.36. The van der Waals surface area contributed by atoms with Crippen LogP contribution in [0.5, 0.6) is 5.75 Å². The van der Waals surface area contributed by atoms with Gasteiger partial charge in [-0.3, -0.25) is 0 Å². The molecule has 2 rings (SSSR count). The molecule has 0 spiro atoms. The maximum Gasteiger partial charge on any atom is 0.122 e. The Morgan fingerprint density at radius 3 is 3.00 bits per heavy atom. The normalized spacial score (nSPS) is 17.5. The van der Waals surface area contributed by atoms with Crippen LogP contribution in [0.1, 0.15) is 43.4 Å². The standard InChI is InChI=1S/C16H25NO2/c1-3-10-17-15-9-8-14-13(15)6-4-7-16(14)19-12-5-11-18-2/h4,6-7,15,17H,3,5,8-12H2,1-2H3. The molecule has 19 heavy (non-hydrogen) atoms. The zero-order valence-corrected chi connectivity index (χ0v) is 12.1. The van der Waals surface area contributed by atoms with E-state index in [0.29, 0.717) is 6.04 Å². The number of hydrogen-bond donors (Lipinski definition) is 1. The van der Waals surface area contributed by atoms with Crippen LogP contribution < -0.4 is 10.1 Å². The summed E-state index contributed by atoms with van der Waals surface area (Å²) in [6.07, 6.45) is 4.43. The Kier molecular flexibility index (Phi) is 5.67. The predicted molar refractivity (Wildman–Crippen MR) is 77.8 cm³/mol. The van der Waals surface area contributed by atoms with Gasteiger partial charge in [-0.05, 0) is 43.0 Å². The SMILES string of the molecule is CCCNC1CCc2c(OCCCOC)cccc21. The molecule has 1 atom stereocenters. The number of ether oxygens (including phenoxy) is 2. The number of benzene rings is 1. The summed E-state index contributed by atoms with van der Waals surface area (Å²) < 4.78 is 10.9. The highest BCUT2D eigenvalue weighted by molar-refractivity contribution is 5.45. The summed E-state index contributed by atoms with van der Waals surface area (Å²) in [4.78, 5) is 0. The summed E-state index contributed by atoms with van der Waals surface area (Å²) in [6, 6.07) is 6.94. The van der Waals surface area contributed by atoms with Gasteiger partial charge < -0.3 is 14.8 Å². The molecular weight excluding hydrogens is 238 g/mol. The second kappa shape index (κ2) is 7.51. The van der Waals surface area contributed by atoms with Gasteiger partial charge in [0.15, 0.2) is 0 Å². The molecule has 0 amide bonds. The molecule has 1 N–H and O–H groups in total. The van der Waals surface area contributed by atoms with Crippen molar-refractivity contribution >= 4 is 0 Å². The zero-order chi connectivity index (χ0) is 13.5. The van der Waals surface area contributed by atoms with Gasteiger partial charge in [0.1, 0.15) is 5.75 Å². The summed E-state index contributed by atoms with van der Waals surface area (Å²) >= 11 is 0. The van der Waals surface area contributed by atoms with Gasteiger partial charge in [-0.15, -0.1) is 0 Å². The van der Waals surface area contributed by atoms with Crippen LogP contribution in [0, 0.1) is 0 Å². The Hall–Kier alpha value is -1.06. The first-order valence-corrected chi connectivity index (χ1v) is 7.33. The van der Waals surface area contributed by atoms with E-state index in [-0.39, 0.29) is 0 Å². The maximum absolute atomic E-state index is 5.90. The molecule has 1 aliphatic rings. The lowest BCUT2D eigenvalue weighted by molar-refractivity contribution is 0.172. The lowest BCUT2D eigenvalue weighted by Gasteiger charge is -2.14. The molecular formula is C16H25NO2. The fourth-order valence-corrected chi connectivity index (χ4v) is 2.67. The van der Waals surface area contributed by atoms with Crippen molar-refractivity contribution in [3.63, 3.8) is 0 Å². The first-order valence-electron chi connectivity index (χ1n) is 7.33. The van der Waals surface area contributed by atoms with Crippen molar-refractivity contribution in [3.8, 4) is 5.75 Å². The molecule has 0 radical (unpaired) electrons. The van der Waals surface area contributed by atoms with Crippen molar-refractivity contribution in [2.45, 2.75) is 38.6 Å². The molecule has 0 saturated carbocycles. The van der Waals surface area contributed by atoms with E-state index >= 15 is 0 Å². The van der Waals surface area contributed by atoms with Gasteiger partial charge in [-0.25, -0.2) is 0 Å². The third-order valence-electron chi connectivity index (χ3n) is 3.62. The monoisotopic (exact) mass is 263 g/mol. The van der Waals surface area contributed by atoms with Crippen LogP contribution in [0.4, 0.5) is 0 Å². The molecule has 3 nitrogen and oxygen atoms in total. The van der Waals surface area contributed by atoms with E-state index in [1.807, 2.05) is 0 Å². The molecule has 0 aromatic heterocycles. The minimum absolute atomic E-state index is 0.512. The fraction of sp³-hybridized carbons (Fsp3) is 0.625. The summed E-state index contributed by atoms with van der Waals surface area (Å²) in [5.41, 5.74) is 2.83. The summed E-state index contributed by atoms with van der Waals surface area (Å²) in [5, 5.41) is 3.62. The molecule has 0 saturated heterocycles. The average molecular weight is 263 g/mol. The van der Waals surface area contributed by atoms with Crippen LogP contribution in [0.2, 0.25) is 0 Å². The Labute approximate surface area is 116 Å². The number of fused-ring (bicyclic) bond motifs is 1. The van der Waals surface area contributed by atoms with Crippen LogP contribution in [-0.2, 0) is 11.2 Å². The van der Waals surface area contributed by atoms with Crippen LogP contribution in [0.25, 0.3) is 0 Å². The molecule has 0 heterocycles. The average Bonchev–Trinajstić information content (AvgIpc) is 2.85. The molecule has 1 aromatic carbocycles. The van der Waals surface area contributed by atoms with Crippen molar-refractivity contribution in [1.82, 2.24) is 5.32 Å². The first-order chi connectivity index (χ1) is 9.36. The van der Waals surface area contributed by atoms with E-state index in [2.05, 4.69) is 30.4 Å². The van der Waals surface area contributed by atoms with Crippen LogP contribution in [-0.4, -0.2) is 26.9 Å². The maximum atomic E-state index is 5.90. The fourth-order valence-electron chi connectivity index (χ4n) is 2.67. The van der Waals surface area contributed by atoms with Gasteiger partial charge in [0, 0.05) is 26.2 Å². The first kappa shape index (κ1) is 14.4. The van der Waals surface area contributed by atoms with Gasteiger partial charge in [-0.2, -0.15) is 0 Å². The third-order valence-corrected chi connectivity index (χ3v) is 3.62. The lowest BCUT2D eigenvalue weighted by atomic mass is 10.1. The molecule has 3 heteroatoms. The highest BCUT2D eigenvalue weighted by Gasteiger charge is 2.24. The van der Waals surface area contributed by atoms with E-state index < -0.39 is 0 Å². The van der Waals surface area contributed by atoms with E-state index in [1.54, 1.807) is 7.11 Å². The van der Waals surface area contributed by atoms with Gasteiger partial charge in [0.2, 0.25) is 0 Å². The van der Waals surface area contributed by atoms with Crippen molar-refractivity contribution in [2.75, 3.05) is 26.9 Å². The zero-order valence-electron chi connectivity index (χ0n) is 12.1. The Balaban J connectivity index is 1.97. The molecule has 106 valence electrons. The van der Waals surface area contributed by atoms with Crippen LogP contribution in [0.3, 0.4) is 0 Å². The molecule has 1 aromatic rings. The van der Waals surface area contributed by atoms with Gasteiger partial charge >= 0.3 is 0 Å². The van der Waals surface area contributed by atoms with Gasteiger partial charge in [-0.1, -0.05) is 19.1 Å². The van der Waals surface area contributed by atoms with Crippen molar-refractivity contribution in [2.24, 2.45) is 0 Å². The predicted octanol–water partition coefficient (Wildman–Crippen LogP) is 3.09. The number of rotatable bonds is 8. The number of hydrogen-bond acceptors (Lipinski definition) is 3. The summed E-state index contributed by atoms with van der Waals surface area (Å²) in [6.45, 7) is 4.79. The highest BCUT2D eigenvalue weighted by atomic mass is 16.5. The van der Waals surface area contributed by atoms with Crippen molar-refractivity contribution in [3.05, 3.63) is 29.3 Å². The smallest absolute Gasteiger partial charge is 0.122 e. The van der Waals surface area contributed by atoms with Crippen molar-refractivity contribution in [1.29, 1.82) is 0 Å². The van der Waals surface area contributed by atoms with E-state index in [9.17, 15) is 0 Å². The summed E-state index contributed by atoms with van der Waals surface area (Å²) in [7, 11) is 1.73. The lowest BCUT2D eigenvalue weighted by Crippen LogP contribution is -2.19. The molecule has 1 unspecified atom stereocenters. The Morgan fingerprint density at radius 1 is 1.32 bits per heavy atom. The largest absolute Gasteiger partial charge is 0.493 e. The second-order valence-electron chi connectivity index (χ2n) is 5.06. The Bertz CT molecular complexity index is 392.